The number of aromatic nitrogens is 2. The second-order valence-corrected chi connectivity index (χ2v) is 6.31. The molecule has 0 aliphatic rings. The molecule has 0 fully saturated rings. The van der Waals surface area contributed by atoms with Crippen molar-refractivity contribution in [1.82, 2.24) is 14.0 Å². The average Bonchev–Trinajstić information content (AvgIpc) is 2.87. The zero-order valence-electron chi connectivity index (χ0n) is 14.4. The van der Waals surface area contributed by atoms with Crippen LogP contribution < -0.4 is 4.74 Å². The van der Waals surface area contributed by atoms with E-state index in [-0.39, 0.29) is 0 Å². The lowest BCUT2D eigenvalue weighted by molar-refractivity contribution is 0.261. The Labute approximate surface area is 147 Å². The smallest absolute Gasteiger partial charge is 0.181 e. The van der Waals surface area contributed by atoms with Gasteiger partial charge in [-0.05, 0) is 56.0 Å². The van der Waals surface area contributed by atoms with Gasteiger partial charge in [0, 0.05) is 13.1 Å². The summed E-state index contributed by atoms with van der Waals surface area (Å²) in [6.45, 7) is 4.64. The molecule has 24 heavy (non-hydrogen) atoms. The molecule has 2 aromatic carbocycles. The van der Waals surface area contributed by atoms with Crippen LogP contribution in [0.25, 0.3) is 11.0 Å². The molecule has 0 unspecified atom stereocenters. The summed E-state index contributed by atoms with van der Waals surface area (Å²) in [5.41, 5.74) is 3.64. The molecule has 0 saturated heterocycles. The van der Waals surface area contributed by atoms with Crippen LogP contribution in [0.1, 0.15) is 12.5 Å². The molecule has 0 amide bonds. The summed E-state index contributed by atoms with van der Waals surface area (Å²) in [4.78, 5) is 2.27. The van der Waals surface area contributed by atoms with E-state index in [0.717, 1.165) is 30.3 Å². The van der Waals surface area contributed by atoms with Crippen molar-refractivity contribution < 1.29 is 4.74 Å². The molecule has 1 aromatic heterocycles. The molecule has 3 rings (SSSR count). The van der Waals surface area contributed by atoms with E-state index in [1.807, 2.05) is 12.1 Å². The van der Waals surface area contributed by atoms with Crippen molar-refractivity contribution in [2.24, 2.45) is 0 Å². The quantitative estimate of drug-likeness (QED) is 0.625. The molecule has 0 N–H and O–H groups in total. The number of aryl methyl sites for hydroxylation is 1. The minimum atomic E-state index is 0.762. The highest BCUT2D eigenvalue weighted by Gasteiger charge is 2.11. The zero-order valence-corrected chi connectivity index (χ0v) is 15.2. The Morgan fingerprint density at radius 3 is 2.21 bits per heavy atom. The lowest BCUT2D eigenvalue weighted by atomic mass is 10.2. The first-order valence-corrected chi connectivity index (χ1v) is 8.54. The van der Waals surface area contributed by atoms with Crippen molar-refractivity contribution in [3.63, 3.8) is 0 Å². The normalized spacial score (nSPS) is 11.3. The molecule has 4 nitrogen and oxygen atoms in total. The van der Waals surface area contributed by atoms with Gasteiger partial charge in [0.2, 0.25) is 0 Å². The van der Waals surface area contributed by atoms with Crippen molar-refractivity contribution in [3.05, 3.63) is 58.9 Å². The maximum atomic E-state index is 5.69. The topological polar surface area (TPSA) is 22.3 Å². The Morgan fingerprint density at radius 1 is 1.00 bits per heavy atom. The third kappa shape index (κ3) is 3.23. The van der Waals surface area contributed by atoms with Crippen LogP contribution in [0, 0.1) is 4.77 Å². The Bertz CT molecular complexity index is 880. The largest absolute Gasteiger partial charge is 0.497 e. The second-order valence-electron chi connectivity index (χ2n) is 5.95. The van der Waals surface area contributed by atoms with Crippen LogP contribution in [-0.4, -0.2) is 28.2 Å². The molecular formula is C19H23N3OS. The van der Waals surface area contributed by atoms with Crippen molar-refractivity contribution in [2.45, 2.75) is 26.7 Å². The number of para-hydroxylation sites is 2. The Kier molecular flexibility index (Phi) is 5.02. The van der Waals surface area contributed by atoms with E-state index in [1.54, 1.807) is 7.11 Å². The molecule has 0 spiro atoms. The summed E-state index contributed by atoms with van der Waals surface area (Å²) < 4.78 is 10.5. The molecular weight excluding hydrogens is 318 g/mol. The Hall–Kier alpha value is -2.11. The minimum Gasteiger partial charge on any atom is -0.497 e. The van der Waals surface area contributed by atoms with Gasteiger partial charge in [-0.3, -0.25) is 4.90 Å². The minimum absolute atomic E-state index is 0.762. The molecule has 0 bridgehead atoms. The molecule has 3 aromatic rings. The standard InChI is InChI=1S/C19H23N3OS/c1-4-21-17-7-5-6-8-18(17)22(19(21)24)14-20(2)13-15-9-11-16(23-3)12-10-15/h5-12H,4,13-14H2,1-3H3. The van der Waals surface area contributed by atoms with Crippen LogP contribution >= 0.6 is 12.2 Å². The van der Waals surface area contributed by atoms with Gasteiger partial charge < -0.3 is 13.9 Å². The molecule has 0 radical (unpaired) electrons. The molecule has 0 saturated carbocycles. The summed E-state index contributed by atoms with van der Waals surface area (Å²) >= 11 is 5.69. The Morgan fingerprint density at radius 2 is 1.62 bits per heavy atom. The highest BCUT2D eigenvalue weighted by atomic mass is 32.1. The summed E-state index contributed by atoms with van der Waals surface area (Å²) in [6, 6.07) is 16.6. The number of methoxy groups -OCH3 is 1. The molecule has 126 valence electrons. The van der Waals surface area contributed by atoms with E-state index in [9.17, 15) is 0 Å². The van der Waals surface area contributed by atoms with E-state index in [1.165, 1.54) is 16.6 Å². The highest BCUT2D eigenvalue weighted by Crippen LogP contribution is 2.19. The van der Waals surface area contributed by atoms with Crippen molar-refractivity contribution in [3.8, 4) is 5.75 Å². The van der Waals surface area contributed by atoms with Crippen LogP contribution in [0.5, 0.6) is 5.75 Å². The lowest BCUT2D eigenvalue weighted by Crippen LogP contribution is -2.21. The van der Waals surface area contributed by atoms with Gasteiger partial charge in [-0.25, -0.2) is 0 Å². The van der Waals surface area contributed by atoms with Gasteiger partial charge in [0.25, 0.3) is 0 Å². The maximum absolute atomic E-state index is 5.69. The van der Waals surface area contributed by atoms with Gasteiger partial charge in [0.05, 0.1) is 24.8 Å². The number of fused-ring (bicyclic) bond motifs is 1. The van der Waals surface area contributed by atoms with Crippen LogP contribution in [0.4, 0.5) is 0 Å². The van der Waals surface area contributed by atoms with Crippen LogP contribution in [0.15, 0.2) is 48.5 Å². The van der Waals surface area contributed by atoms with Crippen molar-refractivity contribution in [2.75, 3.05) is 14.2 Å². The van der Waals surface area contributed by atoms with Gasteiger partial charge >= 0.3 is 0 Å². The second kappa shape index (κ2) is 7.20. The average molecular weight is 341 g/mol. The molecule has 0 aliphatic heterocycles. The van der Waals surface area contributed by atoms with Crippen molar-refractivity contribution >= 4 is 23.3 Å². The van der Waals surface area contributed by atoms with Gasteiger partial charge in [0.1, 0.15) is 5.75 Å². The van der Waals surface area contributed by atoms with Crippen LogP contribution in [0.3, 0.4) is 0 Å². The summed E-state index contributed by atoms with van der Waals surface area (Å²) in [6.07, 6.45) is 0. The van der Waals surface area contributed by atoms with E-state index in [2.05, 4.69) is 64.4 Å². The van der Waals surface area contributed by atoms with E-state index >= 15 is 0 Å². The Balaban J connectivity index is 1.83. The number of rotatable bonds is 6. The first-order valence-electron chi connectivity index (χ1n) is 8.13. The summed E-state index contributed by atoms with van der Waals surface area (Å²) in [7, 11) is 3.80. The number of nitrogens with zero attached hydrogens (tertiary/aromatic N) is 3. The predicted octanol–water partition coefficient (Wildman–Crippen LogP) is 4.29. The lowest BCUT2D eigenvalue weighted by Gasteiger charge is -2.18. The SMILES string of the molecule is CCn1c(=S)n(CN(C)Cc2ccc(OC)cc2)c2ccccc21. The molecule has 0 aliphatic carbocycles. The highest BCUT2D eigenvalue weighted by molar-refractivity contribution is 7.71. The number of ether oxygens (including phenoxy) is 1. The van der Waals surface area contributed by atoms with Gasteiger partial charge in [-0.15, -0.1) is 0 Å². The fourth-order valence-corrected chi connectivity index (χ4v) is 3.43. The van der Waals surface area contributed by atoms with Crippen molar-refractivity contribution in [1.29, 1.82) is 0 Å². The number of imidazole rings is 1. The molecule has 1 heterocycles. The van der Waals surface area contributed by atoms with Gasteiger partial charge in [-0.1, -0.05) is 24.3 Å². The van der Waals surface area contributed by atoms with Gasteiger partial charge in [0.15, 0.2) is 4.77 Å². The van der Waals surface area contributed by atoms with Crippen LogP contribution in [0.2, 0.25) is 0 Å². The third-order valence-electron chi connectivity index (χ3n) is 4.24. The number of benzene rings is 2. The molecule has 5 heteroatoms. The van der Waals surface area contributed by atoms with E-state index in [4.69, 9.17) is 17.0 Å². The summed E-state index contributed by atoms with van der Waals surface area (Å²) in [5.74, 6) is 0.884. The first-order chi connectivity index (χ1) is 11.6. The predicted molar refractivity (Wildman–Crippen MR) is 101 cm³/mol. The fraction of sp³-hybridized carbons (Fsp3) is 0.316. The van der Waals surface area contributed by atoms with Gasteiger partial charge in [-0.2, -0.15) is 0 Å². The third-order valence-corrected chi connectivity index (χ3v) is 4.68. The van der Waals surface area contributed by atoms with E-state index in [0.29, 0.717) is 0 Å². The van der Waals surface area contributed by atoms with E-state index < -0.39 is 0 Å². The van der Waals surface area contributed by atoms with Crippen LogP contribution in [-0.2, 0) is 19.8 Å². The monoisotopic (exact) mass is 341 g/mol. The molecule has 0 atom stereocenters. The first kappa shape index (κ1) is 16.7. The zero-order chi connectivity index (χ0) is 17.1. The fourth-order valence-electron chi connectivity index (χ4n) is 3.05. The maximum Gasteiger partial charge on any atom is 0.181 e. The number of hydrogen-bond donors (Lipinski definition) is 0. The summed E-state index contributed by atoms with van der Waals surface area (Å²) in [5, 5.41) is 0. The number of hydrogen-bond acceptors (Lipinski definition) is 3.